The Morgan fingerprint density at radius 3 is 2.69 bits per heavy atom. The summed E-state index contributed by atoms with van der Waals surface area (Å²) in [7, 11) is 0. The van der Waals surface area contributed by atoms with Gasteiger partial charge in [0.15, 0.2) is 0 Å². The van der Waals surface area contributed by atoms with Crippen molar-refractivity contribution in [3.63, 3.8) is 0 Å². The first-order valence-electron chi connectivity index (χ1n) is 4.53. The first kappa shape index (κ1) is 12.4. The molecule has 0 amide bonds. The van der Waals surface area contributed by atoms with Gasteiger partial charge < -0.3 is 15.5 Å². The molecule has 0 aliphatic heterocycles. The van der Waals surface area contributed by atoms with Gasteiger partial charge in [0.05, 0.1) is 18.3 Å². The highest BCUT2D eigenvalue weighted by atomic mass is 16.3. The van der Waals surface area contributed by atoms with E-state index in [-0.39, 0.29) is 6.61 Å². The average molecular weight is 186 g/mol. The van der Waals surface area contributed by atoms with Crippen LogP contribution in [-0.2, 0) is 0 Å². The van der Waals surface area contributed by atoms with Gasteiger partial charge in [0, 0.05) is 13.0 Å². The maximum Gasteiger partial charge on any atom is 0.0972 e. The predicted octanol–water partition coefficient (Wildman–Crippen LogP) is 0.0132. The molecule has 1 atom stereocenters. The van der Waals surface area contributed by atoms with E-state index in [0.29, 0.717) is 13.0 Å². The Bertz CT molecular complexity index is 163. The molecule has 0 radical (unpaired) electrons. The largest absolute Gasteiger partial charge is 0.393 e. The van der Waals surface area contributed by atoms with Gasteiger partial charge in [-0.2, -0.15) is 5.26 Å². The van der Waals surface area contributed by atoms with Crippen LogP contribution in [-0.4, -0.2) is 35.5 Å². The summed E-state index contributed by atoms with van der Waals surface area (Å²) in [6.45, 7) is 2.50. The second-order valence-corrected chi connectivity index (χ2v) is 3.45. The third kappa shape index (κ3) is 7.72. The summed E-state index contributed by atoms with van der Waals surface area (Å²) in [5, 5.41) is 29.3. The first-order valence-corrected chi connectivity index (χ1v) is 4.53. The van der Waals surface area contributed by atoms with Crippen LogP contribution in [0.1, 0.15) is 26.2 Å². The lowest BCUT2D eigenvalue weighted by molar-refractivity contribution is 0.00287. The van der Waals surface area contributed by atoms with E-state index < -0.39 is 5.60 Å². The van der Waals surface area contributed by atoms with Gasteiger partial charge in [-0.3, -0.25) is 0 Å². The Hall–Kier alpha value is -0.630. The minimum absolute atomic E-state index is 0.238. The highest BCUT2D eigenvalue weighted by Gasteiger charge is 2.17. The number of nitrogens with one attached hydrogen (secondary N) is 1. The van der Waals surface area contributed by atoms with Gasteiger partial charge in [-0.15, -0.1) is 0 Å². The molecule has 0 aliphatic carbocycles. The topological polar surface area (TPSA) is 76.3 Å². The van der Waals surface area contributed by atoms with Crippen LogP contribution in [0.2, 0.25) is 0 Å². The zero-order valence-corrected chi connectivity index (χ0v) is 8.08. The van der Waals surface area contributed by atoms with E-state index in [2.05, 4.69) is 11.4 Å². The Morgan fingerprint density at radius 2 is 2.15 bits per heavy atom. The van der Waals surface area contributed by atoms with E-state index in [1.165, 1.54) is 0 Å². The summed E-state index contributed by atoms with van der Waals surface area (Å²) in [4.78, 5) is 0. The number of nitriles is 1. The van der Waals surface area contributed by atoms with Gasteiger partial charge in [0.25, 0.3) is 0 Å². The zero-order valence-electron chi connectivity index (χ0n) is 8.08. The second kappa shape index (κ2) is 6.84. The monoisotopic (exact) mass is 186 g/mol. The smallest absolute Gasteiger partial charge is 0.0972 e. The number of aliphatic hydroxyl groups excluding tert-OH is 1. The second-order valence-electron chi connectivity index (χ2n) is 3.45. The summed E-state index contributed by atoms with van der Waals surface area (Å²) in [5.74, 6) is 0. The lowest BCUT2D eigenvalue weighted by Gasteiger charge is -2.20. The number of hydrogen-bond donors (Lipinski definition) is 3. The van der Waals surface area contributed by atoms with Crippen molar-refractivity contribution in [2.45, 2.75) is 31.8 Å². The molecular weight excluding hydrogens is 168 g/mol. The van der Waals surface area contributed by atoms with Crippen LogP contribution in [0.25, 0.3) is 0 Å². The molecule has 0 spiro atoms. The fraction of sp³-hybridized carbons (Fsp3) is 0.889. The van der Waals surface area contributed by atoms with Gasteiger partial charge >= 0.3 is 0 Å². The molecule has 4 heteroatoms. The molecule has 0 bridgehead atoms. The lowest BCUT2D eigenvalue weighted by Crippen LogP contribution is -2.41. The molecule has 0 aromatic carbocycles. The molecule has 3 N–H and O–H groups in total. The molecule has 0 aromatic heterocycles. The van der Waals surface area contributed by atoms with Crippen LogP contribution in [0.15, 0.2) is 0 Å². The summed E-state index contributed by atoms with van der Waals surface area (Å²) in [6.07, 6.45) is 2.39. The normalized spacial score (nSPS) is 14.9. The number of nitrogens with zero attached hydrogens (tertiary/aromatic N) is 1. The number of aliphatic hydroxyl groups is 2. The third-order valence-electron chi connectivity index (χ3n) is 1.74. The van der Waals surface area contributed by atoms with Gasteiger partial charge in [0.1, 0.15) is 0 Å². The standard InChI is InChI=1S/C9H18N2O2/c1-9(13,8-12)7-11-6-4-2-3-5-10/h11-13H,2-4,6-8H2,1H3. The van der Waals surface area contributed by atoms with E-state index in [1.807, 2.05) is 0 Å². The maximum absolute atomic E-state index is 9.36. The van der Waals surface area contributed by atoms with Crippen LogP contribution in [0.3, 0.4) is 0 Å². The van der Waals surface area contributed by atoms with Crippen molar-refractivity contribution in [1.29, 1.82) is 5.26 Å². The summed E-state index contributed by atoms with van der Waals surface area (Å²) in [6, 6.07) is 2.07. The third-order valence-corrected chi connectivity index (χ3v) is 1.74. The maximum atomic E-state index is 9.36. The van der Waals surface area contributed by atoms with Gasteiger partial charge in [-0.1, -0.05) is 0 Å². The Kier molecular flexibility index (Phi) is 6.51. The molecule has 0 aliphatic rings. The molecule has 4 nitrogen and oxygen atoms in total. The lowest BCUT2D eigenvalue weighted by atomic mass is 10.1. The molecule has 0 saturated carbocycles. The number of rotatable bonds is 7. The van der Waals surface area contributed by atoms with Crippen molar-refractivity contribution in [1.82, 2.24) is 5.32 Å². The molecule has 0 fully saturated rings. The minimum atomic E-state index is -1.03. The van der Waals surface area contributed by atoms with E-state index in [1.54, 1.807) is 6.92 Å². The van der Waals surface area contributed by atoms with Crippen molar-refractivity contribution >= 4 is 0 Å². The van der Waals surface area contributed by atoms with Crippen molar-refractivity contribution in [3.8, 4) is 6.07 Å². The van der Waals surface area contributed by atoms with Crippen molar-refractivity contribution in [2.24, 2.45) is 0 Å². The average Bonchev–Trinajstić information content (AvgIpc) is 2.11. The van der Waals surface area contributed by atoms with Crippen LogP contribution >= 0.6 is 0 Å². The van der Waals surface area contributed by atoms with Crippen LogP contribution in [0.4, 0.5) is 0 Å². The minimum Gasteiger partial charge on any atom is -0.393 e. The van der Waals surface area contributed by atoms with Crippen LogP contribution in [0, 0.1) is 11.3 Å². The quantitative estimate of drug-likeness (QED) is 0.490. The van der Waals surface area contributed by atoms with Gasteiger partial charge in [-0.05, 0) is 26.3 Å². The zero-order chi connectivity index (χ0) is 10.2. The number of hydrogen-bond acceptors (Lipinski definition) is 4. The molecule has 0 heterocycles. The van der Waals surface area contributed by atoms with E-state index in [0.717, 1.165) is 19.4 Å². The van der Waals surface area contributed by atoms with Gasteiger partial charge in [0.2, 0.25) is 0 Å². The van der Waals surface area contributed by atoms with Crippen LogP contribution in [0.5, 0.6) is 0 Å². The van der Waals surface area contributed by atoms with E-state index in [4.69, 9.17) is 10.4 Å². The molecule has 0 rings (SSSR count). The highest BCUT2D eigenvalue weighted by Crippen LogP contribution is 1.99. The molecule has 0 aromatic rings. The Morgan fingerprint density at radius 1 is 1.46 bits per heavy atom. The van der Waals surface area contributed by atoms with Crippen LogP contribution < -0.4 is 5.32 Å². The fourth-order valence-electron chi connectivity index (χ4n) is 0.868. The SMILES string of the molecule is CC(O)(CO)CNCCCCC#N. The molecule has 13 heavy (non-hydrogen) atoms. The molecule has 76 valence electrons. The van der Waals surface area contributed by atoms with Gasteiger partial charge in [-0.25, -0.2) is 0 Å². The van der Waals surface area contributed by atoms with Crippen molar-refractivity contribution in [2.75, 3.05) is 19.7 Å². The van der Waals surface area contributed by atoms with E-state index >= 15 is 0 Å². The van der Waals surface area contributed by atoms with Crippen molar-refractivity contribution in [3.05, 3.63) is 0 Å². The van der Waals surface area contributed by atoms with E-state index in [9.17, 15) is 5.11 Å². The number of unbranched alkanes of at least 4 members (excludes halogenated alkanes) is 2. The molecule has 1 unspecified atom stereocenters. The Balaban J connectivity index is 3.22. The summed E-state index contributed by atoms with van der Waals surface area (Å²) in [5.41, 5.74) is -1.03. The van der Waals surface area contributed by atoms with Crippen molar-refractivity contribution < 1.29 is 10.2 Å². The summed E-state index contributed by atoms with van der Waals surface area (Å²) < 4.78 is 0. The molecule has 0 saturated heterocycles. The highest BCUT2D eigenvalue weighted by molar-refractivity contribution is 4.74. The summed E-state index contributed by atoms with van der Waals surface area (Å²) >= 11 is 0. The first-order chi connectivity index (χ1) is 6.12. The predicted molar refractivity (Wildman–Crippen MR) is 50.0 cm³/mol. The fourth-order valence-corrected chi connectivity index (χ4v) is 0.868. The Labute approximate surface area is 79.2 Å². The molecular formula is C9H18N2O2.